The minimum Gasteiger partial charge on any atom is -0.444 e. The van der Waals surface area contributed by atoms with Gasteiger partial charge in [0, 0.05) is 13.1 Å². The molecule has 8 nitrogen and oxygen atoms in total. The average molecular weight is 450 g/mol. The van der Waals surface area contributed by atoms with Crippen LogP contribution >= 0.6 is 0 Å². The first kappa shape index (κ1) is 27.4. The average Bonchev–Trinajstić information content (AvgIpc) is 2.70. The van der Waals surface area contributed by atoms with Crippen molar-refractivity contribution in [2.24, 2.45) is 0 Å². The van der Waals surface area contributed by atoms with Gasteiger partial charge in [0.2, 0.25) is 11.8 Å². The van der Waals surface area contributed by atoms with Crippen molar-refractivity contribution in [3.63, 3.8) is 0 Å². The summed E-state index contributed by atoms with van der Waals surface area (Å²) < 4.78 is 5.18. The van der Waals surface area contributed by atoms with Gasteiger partial charge in [-0.2, -0.15) is 0 Å². The second-order valence-corrected chi connectivity index (χ2v) is 8.91. The number of aryl methyl sites for hydroxylation is 2. The van der Waals surface area contributed by atoms with Crippen LogP contribution in [0.15, 0.2) is 18.2 Å². The van der Waals surface area contributed by atoms with Crippen LogP contribution in [-0.4, -0.2) is 59.8 Å². The standard InChI is InChI=1S/C24H39N3O5/c1-7-8-9-12-25-22(30)21(19-11-10-17(2)18(3)15-19)27(13-14-28)20(29)16-26-23(31)32-24(4,5)6/h10-11,15,21,28H,7-9,12-14,16H2,1-6H3,(H,25,30)(H,26,31). The van der Waals surface area contributed by atoms with Gasteiger partial charge in [-0.05, 0) is 57.7 Å². The molecule has 3 N–H and O–H groups in total. The summed E-state index contributed by atoms with van der Waals surface area (Å²) in [6, 6.07) is 4.68. The summed E-state index contributed by atoms with van der Waals surface area (Å²) >= 11 is 0. The minimum absolute atomic E-state index is 0.0468. The van der Waals surface area contributed by atoms with Crippen LogP contribution < -0.4 is 10.6 Å². The summed E-state index contributed by atoms with van der Waals surface area (Å²) in [6.45, 7) is 11.0. The van der Waals surface area contributed by atoms with E-state index < -0.39 is 23.6 Å². The highest BCUT2D eigenvalue weighted by molar-refractivity contribution is 5.90. The Balaban J connectivity index is 3.11. The minimum atomic E-state index is -0.920. The molecule has 3 amide bonds. The highest BCUT2D eigenvalue weighted by Crippen LogP contribution is 2.24. The lowest BCUT2D eigenvalue weighted by molar-refractivity contribution is -0.140. The third kappa shape index (κ3) is 9.26. The maximum absolute atomic E-state index is 13.2. The van der Waals surface area contributed by atoms with E-state index in [4.69, 9.17) is 4.74 Å². The fourth-order valence-electron chi connectivity index (χ4n) is 3.16. The van der Waals surface area contributed by atoms with Gasteiger partial charge < -0.3 is 25.4 Å². The van der Waals surface area contributed by atoms with Crippen molar-refractivity contribution < 1.29 is 24.2 Å². The molecule has 0 saturated carbocycles. The lowest BCUT2D eigenvalue weighted by Crippen LogP contribution is -2.49. The van der Waals surface area contributed by atoms with E-state index in [1.54, 1.807) is 20.8 Å². The molecule has 1 atom stereocenters. The molecule has 0 fully saturated rings. The normalized spacial score (nSPS) is 12.1. The topological polar surface area (TPSA) is 108 Å². The van der Waals surface area contributed by atoms with Gasteiger partial charge >= 0.3 is 6.09 Å². The van der Waals surface area contributed by atoms with Crippen molar-refractivity contribution >= 4 is 17.9 Å². The van der Waals surface area contributed by atoms with E-state index in [0.717, 1.165) is 30.4 Å². The van der Waals surface area contributed by atoms with Gasteiger partial charge in [0.25, 0.3) is 0 Å². The van der Waals surface area contributed by atoms with Gasteiger partial charge in [-0.15, -0.1) is 0 Å². The molecule has 0 bridgehead atoms. The van der Waals surface area contributed by atoms with Crippen molar-refractivity contribution in [1.29, 1.82) is 0 Å². The Morgan fingerprint density at radius 3 is 2.34 bits per heavy atom. The first-order chi connectivity index (χ1) is 15.0. The fourth-order valence-corrected chi connectivity index (χ4v) is 3.16. The zero-order valence-corrected chi connectivity index (χ0v) is 20.3. The number of carbonyl (C=O) groups is 3. The van der Waals surface area contributed by atoms with Crippen molar-refractivity contribution in [3.8, 4) is 0 Å². The second kappa shape index (κ2) is 13.1. The van der Waals surface area contributed by atoms with Crippen molar-refractivity contribution in [3.05, 3.63) is 34.9 Å². The Labute approximate surface area is 191 Å². The van der Waals surface area contributed by atoms with E-state index in [9.17, 15) is 19.5 Å². The molecule has 0 aliphatic heterocycles. The molecule has 1 aromatic carbocycles. The van der Waals surface area contributed by atoms with Gasteiger partial charge in [-0.25, -0.2) is 4.79 Å². The van der Waals surface area contributed by atoms with Crippen LogP contribution in [0.2, 0.25) is 0 Å². The number of hydrogen-bond donors (Lipinski definition) is 3. The molecule has 1 unspecified atom stereocenters. The number of nitrogens with one attached hydrogen (secondary N) is 2. The van der Waals surface area contributed by atoms with Crippen LogP contribution in [0.3, 0.4) is 0 Å². The maximum atomic E-state index is 13.2. The monoisotopic (exact) mass is 449 g/mol. The number of ether oxygens (including phenoxy) is 1. The van der Waals surface area contributed by atoms with Crippen molar-refractivity contribution in [1.82, 2.24) is 15.5 Å². The summed E-state index contributed by atoms with van der Waals surface area (Å²) in [4.78, 5) is 39.4. The van der Waals surface area contributed by atoms with Crippen LogP contribution in [0.1, 0.15) is 69.7 Å². The van der Waals surface area contributed by atoms with Crippen molar-refractivity contribution in [2.45, 2.75) is 72.4 Å². The molecule has 8 heteroatoms. The molecule has 0 aromatic heterocycles. The van der Waals surface area contributed by atoms with Crippen LogP contribution in [-0.2, 0) is 14.3 Å². The molecule has 0 heterocycles. The summed E-state index contributed by atoms with van der Waals surface area (Å²) in [7, 11) is 0. The van der Waals surface area contributed by atoms with E-state index in [1.165, 1.54) is 4.90 Å². The molecule has 0 radical (unpaired) electrons. The summed E-state index contributed by atoms with van der Waals surface area (Å²) in [5.41, 5.74) is 2.02. The number of nitrogens with zero attached hydrogens (tertiary/aromatic N) is 1. The summed E-state index contributed by atoms with van der Waals surface area (Å²) in [5.74, 6) is -0.805. The second-order valence-electron chi connectivity index (χ2n) is 8.91. The molecule has 0 saturated heterocycles. The van der Waals surface area contributed by atoms with Crippen molar-refractivity contribution in [2.75, 3.05) is 26.2 Å². The third-order valence-corrected chi connectivity index (χ3v) is 4.93. The predicted octanol–water partition coefficient (Wildman–Crippen LogP) is 3.00. The Kier molecular flexibility index (Phi) is 11.2. The zero-order valence-electron chi connectivity index (χ0n) is 20.3. The zero-order chi connectivity index (χ0) is 24.3. The molecule has 32 heavy (non-hydrogen) atoms. The number of alkyl carbamates (subject to hydrolysis) is 1. The number of hydrogen-bond acceptors (Lipinski definition) is 5. The third-order valence-electron chi connectivity index (χ3n) is 4.93. The number of carbonyl (C=O) groups excluding carboxylic acids is 3. The Bertz CT molecular complexity index is 773. The first-order valence-corrected chi connectivity index (χ1v) is 11.2. The fraction of sp³-hybridized carbons (Fsp3) is 0.625. The molecule has 1 aromatic rings. The molecule has 0 spiro atoms. The van der Waals surface area contributed by atoms with E-state index >= 15 is 0 Å². The van der Waals surface area contributed by atoms with Crippen LogP contribution in [0.4, 0.5) is 4.79 Å². The van der Waals surface area contributed by atoms with Gasteiger partial charge in [-0.1, -0.05) is 38.0 Å². The lowest BCUT2D eigenvalue weighted by atomic mass is 9.99. The smallest absolute Gasteiger partial charge is 0.408 e. The van der Waals surface area contributed by atoms with Crippen LogP contribution in [0, 0.1) is 13.8 Å². The van der Waals surface area contributed by atoms with E-state index in [-0.39, 0.29) is 25.6 Å². The highest BCUT2D eigenvalue weighted by atomic mass is 16.6. The number of rotatable bonds is 11. The van der Waals surface area contributed by atoms with E-state index in [2.05, 4.69) is 17.6 Å². The Morgan fingerprint density at radius 1 is 1.09 bits per heavy atom. The molecular weight excluding hydrogens is 410 g/mol. The van der Waals surface area contributed by atoms with Gasteiger partial charge in [0.05, 0.1) is 6.61 Å². The molecule has 1 rings (SSSR count). The Morgan fingerprint density at radius 2 is 1.78 bits per heavy atom. The largest absolute Gasteiger partial charge is 0.444 e. The van der Waals surface area contributed by atoms with E-state index in [0.29, 0.717) is 12.1 Å². The quantitative estimate of drug-likeness (QED) is 0.450. The maximum Gasteiger partial charge on any atom is 0.408 e. The number of amides is 3. The summed E-state index contributed by atoms with van der Waals surface area (Å²) in [5, 5.41) is 15.0. The highest BCUT2D eigenvalue weighted by Gasteiger charge is 2.31. The number of aliphatic hydroxyl groups excluding tert-OH is 1. The lowest BCUT2D eigenvalue weighted by Gasteiger charge is -2.31. The van der Waals surface area contributed by atoms with Gasteiger partial charge in [0.15, 0.2) is 0 Å². The van der Waals surface area contributed by atoms with E-state index in [1.807, 2.05) is 32.0 Å². The van der Waals surface area contributed by atoms with Gasteiger partial charge in [0.1, 0.15) is 18.2 Å². The molecule has 180 valence electrons. The molecular formula is C24H39N3O5. The SMILES string of the molecule is CCCCCNC(=O)C(c1ccc(C)c(C)c1)N(CCO)C(=O)CNC(=O)OC(C)(C)C. The first-order valence-electron chi connectivity index (χ1n) is 11.2. The number of benzene rings is 1. The number of aliphatic hydroxyl groups is 1. The van der Waals surface area contributed by atoms with Crippen LogP contribution in [0.25, 0.3) is 0 Å². The summed E-state index contributed by atoms with van der Waals surface area (Å²) in [6.07, 6.45) is 2.15. The van der Waals surface area contributed by atoms with Crippen LogP contribution in [0.5, 0.6) is 0 Å². The predicted molar refractivity (Wildman–Crippen MR) is 124 cm³/mol. The molecule has 0 aliphatic carbocycles. The number of unbranched alkanes of at least 4 members (excludes halogenated alkanes) is 2. The molecule has 0 aliphatic rings. The Hall–Kier alpha value is -2.61. The van der Waals surface area contributed by atoms with Gasteiger partial charge in [-0.3, -0.25) is 9.59 Å².